The van der Waals surface area contributed by atoms with E-state index in [-0.39, 0.29) is 5.75 Å². The van der Waals surface area contributed by atoms with Gasteiger partial charge in [0.1, 0.15) is 5.75 Å². The number of phenols is 1. The molecule has 1 N–H and O–H groups in total. The van der Waals surface area contributed by atoms with Crippen LogP contribution in [0.4, 0.5) is 0 Å². The Balaban J connectivity index is 1.66. The molecule has 0 bridgehead atoms. The number of morpholine rings is 1. The molecule has 0 amide bonds. The molecule has 0 aliphatic carbocycles. The second kappa shape index (κ2) is 8.16. The summed E-state index contributed by atoms with van der Waals surface area (Å²) in [5.74, 6) is 1.48. The Bertz CT molecular complexity index is 915. The van der Waals surface area contributed by atoms with Gasteiger partial charge < -0.3 is 9.84 Å². The first kappa shape index (κ1) is 17.5. The first-order valence-corrected chi connectivity index (χ1v) is 9.06. The van der Waals surface area contributed by atoms with E-state index in [1.54, 1.807) is 12.1 Å². The van der Waals surface area contributed by atoms with Crippen molar-refractivity contribution < 1.29 is 9.84 Å². The lowest BCUT2D eigenvalue weighted by Crippen LogP contribution is -2.37. The van der Waals surface area contributed by atoms with Gasteiger partial charge in [0.25, 0.3) is 0 Å². The summed E-state index contributed by atoms with van der Waals surface area (Å²) in [7, 11) is 0. The summed E-state index contributed by atoms with van der Waals surface area (Å²) in [4.78, 5) is 6.94. The first-order chi connectivity index (χ1) is 13.3. The number of hydrogen-bond acceptors (Lipinski definition) is 5. The Hall–Kier alpha value is -2.96. The van der Waals surface area contributed by atoms with Gasteiger partial charge in [0.15, 0.2) is 11.6 Å². The molecular formula is C21H22N4O2. The molecule has 2 heterocycles. The topological polar surface area (TPSA) is 63.4 Å². The average Bonchev–Trinajstić information content (AvgIpc) is 3.11. The summed E-state index contributed by atoms with van der Waals surface area (Å²) in [5, 5.41) is 14.9. The third-order valence-corrected chi connectivity index (χ3v) is 4.50. The van der Waals surface area contributed by atoms with Crippen LogP contribution in [0.15, 0.2) is 54.6 Å². The normalized spacial score (nSPS) is 15.4. The highest BCUT2D eigenvalue weighted by molar-refractivity contribution is 5.69. The van der Waals surface area contributed by atoms with Crippen molar-refractivity contribution in [3.8, 4) is 17.1 Å². The summed E-state index contributed by atoms with van der Waals surface area (Å²) in [6, 6.07) is 17.3. The molecule has 1 aliphatic rings. The fourth-order valence-electron chi connectivity index (χ4n) is 3.06. The predicted octanol–water partition coefficient (Wildman–Crippen LogP) is 3.11. The number of nitrogens with zero attached hydrogens (tertiary/aromatic N) is 4. The number of rotatable bonds is 5. The zero-order chi connectivity index (χ0) is 18.5. The zero-order valence-electron chi connectivity index (χ0n) is 15.0. The lowest BCUT2D eigenvalue weighted by Gasteiger charge is -2.26. The lowest BCUT2D eigenvalue weighted by molar-refractivity contribution is 0.0216. The molecule has 0 saturated carbocycles. The zero-order valence-corrected chi connectivity index (χ0v) is 15.0. The van der Waals surface area contributed by atoms with Crippen molar-refractivity contribution in [2.45, 2.75) is 6.67 Å². The van der Waals surface area contributed by atoms with E-state index in [1.807, 2.05) is 59.3 Å². The second-order valence-corrected chi connectivity index (χ2v) is 6.43. The fourth-order valence-corrected chi connectivity index (χ4v) is 3.06. The Morgan fingerprint density at radius 3 is 2.48 bits per heavy atom. The van der Waals surface area contributed by atoms with Gasteiger partial charge in [0, 0.05) is 13.1 Å². The molecule has 6 nitrogen and oxygen atoms in total. The highest BCUT2D eigenvalue weighted by Gasteiger charge is 2.17. The number of aromatic hydroxyl groups is 1. The minimum Gasteiger partial charge on any atom is -0.507 e. The van der Waals surface area contributed by atoms with Gasteiger partial charge >= 0.3 is 0 Å². The summed E-state index contributed by atoms with van der Waals surface area (Å²) < 4.78 is 7.28. The number of hydrogen-bond donors (Lipinski definition) is 1. The Labute approximate surface area is 158 Å². The Morgan fingerprint density at radius 2 is 1.70 bits per heavy atom. The molecule has 3 aromatic rings. The number of ether oxygens (including phenoxy) is 1. The van der Waals surface area contributed by atoms with Gasteiger partial charge in [0.05, 0.1) is 25.4 Å². The molecule has 1 saturated heterocycles. The third kappa shape index (κ3) is 4.24. The Kier molecular flexibility index (Phi) is 5.27. The van der Waals surface area contributed by atoms with Crippen LogP contribution >= 0.6 is 0 Å². The largest absolute Gasteiger partial charge is 0.507 e. The summed E-state index contributed by atoms with van der Waals surface area (Å²) >= 11 is 0. The van der Waals surface area contributed by atoms with Crippen molar-refractivity contribution >= 4 is 12.2 Å². The summed E-state index contributed by atoms with van der Waals surface area (Å²) in [5.41, 5.74) is 1.77. The van der Waals surface area contributed by atoms with E-state index in [0.717, 1.165) is 31.9 Å². The maximum absolute atomic E-state index is 10.3. The first-order valence-electron chi connectivity index (χ1n) is 9.06. The van der Waals surface area contributed by atoms with Gasteiger partial charge in [0.2, 0.25) is 0 Å². The highest BCUT2D eigenvalue weighted by Crippen LogP contribution is 2.27. The second-order valence-electron chi connectivity index (χ2n) is 6.43. The van der Waals surface area contributed by atoms with E-state index in [2.05, 4.69) is 15.0 Å². The van der Waals surface area contributed by atoms with Gasteiger partial charge in [-0.1, -0.05) is 48.5 Å². The van der Waals surface area contributed by atoms with Gasteiger partial charge in [-0.25, -0.2) is 9.67 Å². The van der Waals surface area contributed by atoms with Gasteiger partial charge in [-0.15, -0.1) is 5.10 Å². The van der Waals surface area contributed by atoms with Crippen LogP contribution in [0.3, 0.4) is 0 Å². The van der Waals surface area contributed by atoms with Crippen molar-refractivity contribution in [3.05, 3.63) is 66.0 Å². The standard InChI is InChI=1S/C21H22N4O2/c26-19-9-5-4-8-18(19)21-22-20(11-10-17-6-2-1-3-7-17)23-25(21)16-24-12-14-27-15-13-24/h1-11,26H,12-16H2/b11-10+. The van der Waals surface area contributed by atoms with Crippen molar-refractivity contribution in [1.29, 1.82) is 0 Å². The molecule has 6 heteroatoms. The minimum atomic E-state index is 0.201. The minimum absolute atomic E-state index is 0.201. The van der Waals surface area contributed by atoms with Crippen LogP contribution in [-0.4, -0.2) is 51.1 Å². The summed E-state index contributed by atoms with van der Waals surface area (Å²) in [6.07, 6.45) is 3.89. The predicted molar refractivity (Wildman–Crippen MR) is 105 cm³/mol. The van der Waals surface area contributed by atoms with E-state index in [9.17, 15) is 5.11 Å². The molecule has 1 aromatic heterocycles. The van der Waals surface area contributed by atoms with Crippen LogP contribution in [0.25, 0.3) is 23.5 Å². The van der Waals surface area contributed by atoms with E-state index in [0.29, 0.717) is 23.9 Å². The summed E-state index contributed by atoms with van der Waals surface area (Å²) in [6.45, 7) is 3.77. The van der Waals surface area contributed by atoms with Crippen LogP contribution in [-0.2, 0) is 11.4 Å². The van der Waals surface area contributed by atoms with Crippen LogP contribution in [0.2, 0.25) is 0 Å². The monoisotopic (exact) mass is 362 g/mol. The number of benzene rings is 2. The van der Waals surface area contributed by atoms with Crippen molar-refractivity contribution in [2.24, 2.45) is 0 Å². The SMILES string of the molecule is Oc1ccccc1-c1nc(/C=C/c2ccccc2)nn1CN1CCOCC1. The quantitative estimate of drug-likeness (QED) is 0.756. The highest BCUT2D eigenvalue weighted by atomic mass is 16.5. The van der Waals surface area contributed by atoms with E-state index in [1.165, 1.54) is 0 Å². The van der Waals surface area contributed by atoms with E-state index < -0.39 is 0 Å². The maximum atomic E-state index is 10.3. The molecule has 0 radical (unpaired) electrons. The van der Waals surface area contributed by atoms with Crippen LogP contribution in [0.5, 0.6) is 5.75 Å². The lowest BCUT2D eigenvalue weighted by atomic mass is 10.2. The van der Waals surface area contributed by atoms with Crippen LogP contribution in [0.1, 0.15) is 11.4 Å². The van der Waals surface area contributed by atoms with Crippen molar-refractivity contribution in [2.75, 3.05) is 26.3 Å². The van der Waals surface area contributed by atoms with Gasteiger partial charge in [-0.2, -0.15) is 0 Å². The van der Waals surface area contributed by atoms with E-state index >= 15 is 0 Å². The van der Waals surface area contributed by atoms with Crippen LogP contribution < -0.4 is 0 Å². The molecule has 2 aromatic carbocycles. The van der Waals surface area contributed by atoms with Crippen molar-refractivity contribution in [3.63, 3.8) is 0 Å². The molecule has 0 atom stereocenters. The smallest absolute Gasteiger partial charge is 0.174 e. The van der Waals surface area contributed by atoms with Gasteiger partial charge in [-0.05, 0) is 23.8 Å². The molecule has 27 heavy (non-hydrogen) atoms. The molecule has 1 aliphatic heterocycles. The molecule has 1 fully saturated rings. The average molecular weight is 362 g/mol. The molecule has 4 rings (SSSR count). The molecular weight excluding hydrogens is 340 g/mol. The maximum Gasteiger partial charge on any atom is 0.174 e. The van der Waals surface area contributed by atoms with E-state index in [4.69, 9.17) is 4.74 Å². The van der Waals surface area contributed by atoms with Crippen molar-refractivity contribution in [1.82, 2.24) is 19.7 Å². The molecule has 0 spiro atoms. The number of aromatic nitrogens is 3. The van der Waals surface area contributed by atoms with Crippen LogP contribution in [0, 0.1) is 0 Å². The fraction of sp³-hybridized carbons (Fsp3) is 0.238. The number of phenolic OH excluding ortho intramolecular Hbond substituents is 1. The Morgan fingerprint density at radius 1 is 0.963 bits per heavy atom. The molecule has 138 valence electrons. The van der Waals surface area contributed by atoms with Gasteiger partial charge in [-0.3, -0.25) is 4.90 Å². The number of para-hydroxylation sites is 1. The molecule has 0 unspecified atom stereocenters. The third-order valence-electron chi connectivity index (χ3n) is 4.50.